The van der Waals surface area contributed by atoms with Crippen molar-refractivity contribution in [1.29, 1.82) is 0 Å². The maximum atomic E-state index is 4.16. The minimum atomic E-state index is 0.804. The smallest absolute Gasteiger partial charge is 0.129 e. The van der Waals surface area contributed by atoms with Gasteiger partial charge in [0.1, 0.15) is 5.82 Å². The Labute approximate surface area is 113 Å². The molecule has 0 saturated heterocycles. The molecule has 2 aromatic heterocycles. The van der Waals surface area contributed by atoms with Gasteiger partial charge >= 0.3 is 0 Å². The number of nitrogens with zero attached hydrogens (tertiary/aromatic N) is 2. The molecular weight excluding hydrogens is 236 g/mol. The lowest BCUT2D eigenvalue weighted by atomic mass is 9.89. The molecule has 0 aromatic carbocycles. The lowest BCUT2D eigenvalue weighted by Gasteiger charge is -2.22. The first-order chi connectivity index (χ1) is 9.43. The van der Waals surface area contributed by atoms with Crippen molar-refractivity contribution < 1.29 is 0 Å². The molecule has 0 atom stereocenters. The van der Waals surface area contributed by atoms with Gasteiger partial charge in [0.2, 0.25) is 0 Å². The monoisotopic (exact) mass is 256 g/mol. The summed E-state index contributed by atoms with van der Waals surface area (Å²) >= 11 is 0. The lowest BCUT2D eigenvalue weighted by molar-refractivity contribution is 0.373. The third-order valence-electron chi connectivity index (χ3n) is 3.90. The Hall–Kier alpha value is -1.84. The molecule has 0 aliphatic heterocycles. The fourth-order valence-electron chi connectivity index (χ4n) is 2.80. The maximum absolute atomic E-state index is 4.16. The fraction of sp³-hybridized carbons (Fsp3) is 0.467. The molecule has 0 spiro atoms. The average Bonchev–Trinajstić information content (AvgIpc) is 2.95. The highest BCUT2D eigenvalue weighted by Gasteiger charge is 2.14. The standard InChI is InChI=1S/C15H20N4/c1-2-5-12(6-3-1)9-17-15-14(11-18-19-15)13-7-4-8-16-10-13/h4,7-8,10-12H,1-3,5-6,9H2,(H2,17,18,19). The van der Waals surface area contributed by atoms with Gasteiger partial charge in [-0.3, -0.25) is 10.1 Å². The van der Waals surface area contributed by atoms with Crippen LogP contribution in [0.1, 0.15) is 32.1 Å². The first-order valence-electron chi connectivity index (χ1n) is 7.11. The normalized spacial score (nSPS) is 16.4. The molecule has 0 unspecified atom stereocenters. The van der Waals surface area contributed by atoms with Gasteiger partial charge in [-0.05, 0) is 24.8 Å². The van der Waals surface area contributed by atoms with Gasteiger partial charge < -0.3 is 5.32 Å². The average molecular weight is 256 g/mol. The molecular formula is C15H20N4. The fourth-order valence-corrected chi connectivity index (χ4v) is 2.80. The first-order valence-corrected chi connectivity index (χ1v) is 7.11. The Morgan fingerprint density at radius 1 is 1.21 bits per heavy atom. The summed E-state index contributed by atoms with van der Waals surface area (Å²) in [5.74, 6) is 1.82. The van der Waals surface area contributed by atoms with Gasteiger partial charge in [-0.15, -0.1) is 0 Å². The highest BCUT2D eigenvalue weighted by Crippen LogP contribution is 2.27. The minimum Gasteiger partial charge on any atom is -0.370 e. The van der Waals surface area contributed by atoms with E-state index in [-0.39, 0.29) is 0 Å². The number of anilines is 1. The number of aromatic nitrogens is 3. The van der Waals surface area contributed by atoms with Crippen LogP contribution in [-0.4, -0.2) is 21.7 Å². The number of pyridine rings is 1. The van der Waals surface area contributed by atoms with Crippen LogP contribution in [0.5, 0.6) is 0 Å². The van der Waals surface area contributed by atoms with Gasteiger partial charge in [0.05, 0.1) is 6.20 Å². The van der Waals surface area contributed by atoms with Crippen LogP contribution in [0.2, 0.25) is 0 Å². The van der Waals surface area contributed by atoms with Gasteiger partial charge in [0.15, 0.2) is 0 Å². The number of H-pyrrole nitrogens is 1. The second-order valence-corrected chi connectivity index (χ2v) is 5.29. The van der Waals surface area contributed by atoms with Gasteiger partial charge in [-0.1, -0.05) is 25.3 Å². The van der Waals surface area contributed by atoms with E-state index in [4.69, 9.17) is 0 Å². The van der Waals surface area contributed by atoms with E-state index in [0.29, 0.717) is 0 Å². The molecule has 2 aromatic rings. The van der Waals surface area contributed by atoms with Crippen LogP contribution in [0.25, 0.3) is 11.1 Å². The van der Waals surface area contributed by atoms with E-state index in [0.717, 1.165) is 29.4 Å². The van der Waals surface area contributed by atoms with E-state index in [9.17, 15) is 0 Å². The van der Waals surface area contributed by atoms with Gasteiger partial charge in [-0.25, -0.2) is 0 Å². The van der Waals surface area contributed by atoms with Crippen LogP contribution in [0.15, 0.2) is 30.7 Å². The van der Waals surface area contributed by atoms with Crippen molar-refractivity contribution in [2.75, 3.05) is 11.9 Å². The van der Waals surface area contributed by atoms with E-state index < -0.39 is 0 Å². The SMILES string of the molecule is c1cncc(-c2cn[nH]c2NCC2CCCCC2)c1. The Morgan fingerprint density at radius 3 is 2.89 bits per heavy atom. The van der Waals surface area contributed by atoms with Gasteiger partial charge in [-0.2, -0.15) is 5.10 Å². The molecule has 1 saturated carbocycles. The third kappa shape index (κ3) is 2.95. The maximum Gasteiger partial charge on any atom is 0.129 e. The molecule has 1 aliphatic carbocycles. The van der Waals surface area contributed by atoms with Crippen LogP contribution >= 0.6 is 0 Å². The molecule has 2 N–H and O–H groups in total. The molecule has 4 nitrogen and oxygen atoms in total. The molecule has 1 aliphatic rings. The number of rotatable bonds is 4. The Morgan fingerprint density at radius 2 is 2.11 bits per heavy atom. The van der Waals surface area contributed by atoms with E-state index in [1.807, 2.05) is 18.5 Å². The summed E-state index contributed by atoms with van der Waals surface area (Å²) in [6, 6.07) is 4.01. The van der Waals surface area contributed by atoms with E-state index in [2.05, 4.69) is 26.6 Å². The van der Waals surface area contributed by atoms with Gasteiger partial charge in [0.25, 0.3) is 0 Å². The molecule has 100 valence electrons. The summed E-state index contributed by atoms with van der Waals surface area (Å²) in [6.07, 6.45) is 12.4. The Bertz CT molecular complexity index is 500. The largest absolute Gasteiger partial charge is 0.370 e. The lowest BCUT2D eigenvalue weighted by Crippen LogP contribution is -2.17. The van der Waals surface area contributed by atoms with Crippen molar-refractivity contribution in [2.45, 2.75) is 32.1 Å². The second-order valence-electron chi connectivity index (χ2n) is 5.29. The number of hydrogen-bond acceptors (Lipinski definition) is 3. The van der Waals surface area contributed by atoms with Crippen molar-refractivity contribution in [3.8, 4) is 11.1 Å². The van der Waals surface area contributed by atoms with E-state index in [1.165, 1.54) is 32.1 Å². The summed E-state index contributed by atoms with van der Waals surface area (Å²) in [6.45, 7) is 1.04. The van der Waals surface area contributed by atoms with E-state index >= 15 is 0 Å². The molecule has 3 rings (SSSR count). The van der Waals surface area contributed by atoms with Crippen molar-refractivity contribution in [2.24, 2.45) is 5.92 Å². The summed E-state index contributed by atoms with van der Waals surface area (Å²) in [5, 5.41) is 10.7. The van der Waals surface area contributed by atoms with Crippen LogP contribution in [-0.2, 0) is 0 Å². The van der Waals surface area contributed by atoms with Crippen LogP contribution in [0.3, 0.4) is 0 Å². The summed E-state index contributed by atoms with van der Waals surface area (Å²) < 4.78 is 0. The number of aromatic amines is 1. The Balaban J connectivity index is 1.67. The Kier molecular flexibility index (Phi) is 3.77. The number of hydrogen-bond donors (Lipinski definition) is 2. The highest BCUT2D eigenvalue weighted by atomic mass is 15.2. The summed E-state index contributed by atoms with van der Waals surface area (Å²) in [4.78, 5) is 4.16. The van der Waals surface area contributed by atoms with Crippen molar-refractivity contribution in [3.63, 3.8) is 0 Å². The zero-order chi connectivity index (χ0) is 12.9. The molecule has 19 heavy (non-hydrogen) atoms. The molecule has 0 radical (unpaired) electrons. The molecule has 4 heteroatoms. The third-order valence-corrected chi connectivity index (χ3v) is 3.90. The molecule has 1 fully saturated rings. The van der Waals surface area contributed by atoms with E-state index in [1.54, 1.807) is 6.20 Å². The highest BCUT2D eigenvalue weighted by molar-refractivity contribution is 5.73. The summed E-state index contributed by atoms with van der Waals surface area (Å²) in [5.41, 5.74) is 2.20. The predicted molar refractivity (Wildman–Crippen MR) is 76.9 cm³/mol. The predicted octanol–water partition coefficient (Wildman–Crippen LogP) is 3.46. The van der Waals surface area contributed by atoms with Crippen LogP contribution in [0, 0.1) is 5.92 Å². The molecule has 2 heterocycles. The van der Waals surface area contributed by atoms with Crippen molar-refractivity contribution >= 4 is 5.82 Å². The molecule has 0 bridgehead atoms. The zero-order valence-corrected chi connectivity index (χ0v) is 11.1. The van der Waals surface area contributed by atoms with Crippen LogP contribution in [0.4, 0.5) is 5.82 Å². The quantitative estimate of drug-likeness (QED) is 0.880. The van der Waals surface area contributed by atoms with Crippen molar-refractivity contribution in [3.05, 3.63) is 30.7 Å². The minimum absolute atomic E-state index is 0.804. The summed E-state index contributed by atoms with van der Waals surface area (Å²) in [7, 11) is 0. The molecule has 0 amide bonds. The zero-order valence-electron chi connectivity index (χ0n) is 11.1. The second kappa shape index (κ2) is 5.87. The first kappa shape index (κ1) is 12.2. The topological polar surface area (TPSA) is 53.6 Å². The number of nitrogens with one attached hydrogen (secondary N) is 2. The van der Waals surface area contributed by atoms with Gasteiger partial charge in [0, 0.05) is 30.1 Å². The van der Waals surface area contributed by atoms with Crippen LogP contribution < -0.4 is 5.32 Å². The van der Waals surface area contributed by atoms with Crippen molar-refractivity contribution in [1.82, 2.24) is 15.2 Å².